The molecule has 0 bridgehead atoms. The molecule has 0 heterocycles. The van der Waals surface area contributed by atoms with E-state index < -0.39 is 0 Å². The first-order chi connectivity index (χ1) is 1.41. The molecule has 4 heteroatoms. The highest BCUT2D eigenvalue weighted by Crippen LogP contribution is 1.83. The maximum absolute atomic E-state index is 4.51. The Labute approximate surface area is 38.8 Å². The zero-order chi connectivity index (χ0) is 2.71. The van der Waals surface area contributed by atoms with Gasteiger partial charge in [-0.05, 0) is 0 Å². The van der Waals surface area contributed by atoms with Crippen LogP contribution in [0.15, 0.2) is 0 Å². The maximum atomic E-state index is 4.51. The number of halogens is 4. The molecule has 0 spiro atoms. The fraction of sp³-hybridized carbons (Fsp3) is 0. The zero-order valence-corrected chi connectivity index (χ0v) is 3.58. The highest BCUT2D eigenvalue weighted by atomic mass is 35.5. The molecule has 0 fully saturated rings. The van der Waals surface area contributed by atoms with Crippen molar-refractivity contribution in [3.8, 4) is 0 Å². The van der Waals surface area contributed by atoms with Gasteiger partial charge in [-0.2, -0.15) is 0 Å². The summed E-state index contributed by atoms with van der Waals surface area (Å²) in [5.41, 5.74) is 0. The quantitative estimate of drug-likeness (QED) is 0.460. The lowest BCUT2D eigenvalue weighted by Crippen LogP contribution is -1.06. The average Bonchev–Trinajstić information content (AvgIpc) is 0.918. The predicted molar refractivity (Wildman–Crippen MR) is 20.0 cm³/mol. The summed E-state index contributed by atoms with van der Waals surface area (Å²) in [4.78, 5) is 0. The Morgan fingerprint density at radius 2 is 1.00 bits per heavy atom. The lowest BCUT2D eigenvalue weighted by atomic mass is 11.9. The van der Waals surface area contributed by atoms with E-state index in [0.29, 0.717) is 0 Å². The molecule has 0 rings (SSSR count). The van der Waals surface area contributed by atoms with Crippen LogP contribution in [0.25, 0.3) is 0 Å². The predicted octanol–water partition coefficient (Wildman–Crippen LogP) is 1.77. The van der Waals surface area contributed by atoms with Crippen molar-refractivity contribution >= 4 is 23.2 Å². The highest BCUT2D eigenvalue weighted by molar-refractivity contribution is 6.47. The van der Waals surface area contributed by atoms with E-state index >= 15 is 0 Å². The second kappa shape index (κ2) is 25.3. The van der Waals surface area contributed by atoms with Gasteiger partial charge in [-0.3, -0.25) is 9.41 Å². The van der Waals surface area contributed by atoms with Crippen molar-refractivity contribution < 1.29 is 9.41 Å². The Kier molecular flexibility index (Phi) is 91.3. The van der Waals surface area contributed by atoms with Crippen LogP contribution in [0.3, 0.4) is 0 Å². The summed E-state index contributed by atoms with van der Waals surface area (Å²) in [7, 11) is 0. The standard InChI is InChI=1S/CCl2.2FH/c2-1-3;;/h;2*1H. The van der Waals surface area contributed by atoms with Gasteiger partial charge in [-0.1, -0.05) is 23.2 Å². The maximum Gasteiger partial charge on any atom is 0.189 e. The van der Waals surface area contributed by atoms with Crippen LogP contribution in [0, 0.1) is 5.34 Å². The van der Waals surface area contributed by atoms with E-state index in [2.05, 4.69) is 23.2 Å². The van der Waals surface area contributed by atoms with Gasteiger partial charge >= 0.3 is 0 Å². The van der Waals surface area contributed by atoms with Gasteiger partial charge in [-0.15, -0.1) is 0 Å². The summed E-state index contributed by atoms with van der Waals surface area (Å²) < 4.78 is 0. The van der Waals surface area contributed by atoms with Crippen LogP contribution in [0.4, 0.5) is 9.41 Å². The molecule has 0 aromatic carbocycles. The molecule has 0 N–H and O–H groups in total. The molecule has 2 radical (unpaired) electrons. The van der Waals surface area contributed by atoms with E-state index in [1.54, 1.807) is 5.34 Å². The molecular formula is CH2Cl2F2. The van der Waals surface area contributed by atoms with E-state index in [4.69, 9.17) is 0 Å². The van der Waals surface area contributed by atoms with Crippen LogP contribution in [-0.2, 0) is 0 Å². The van der Waals surface area contributed by atoms with Crippen molar-refractivity contribution in [1.82, 2.24) is 0 Å². The molecule has 0 aliphatic carbocycles. The summed E-state index contributed by atoms with van der Waals surface area (Å²) >= 11 is 9.03. The minimum Gasteiger partial charge on any atom is -0.269 e. The molecule has 34 valence electrons. The molecule has 5 heavy (non-hydrogen) atoms. The Bertz CT molecular complexity index is 7.61. The van der Waals surface area contributed by atoms with Crippen molar-refractivity contribution in [3.05, 3.63) is 5.34 Å². The first-order valence-electron chi connectivity index (χ1n) is 0.378. The molecule has 0 aromatic heterocycles. The first kappa shape index (κ1) is 18.0. The molecule has 0 atom stereocenters. The van der Waals surface area contributed by atoms with E-state index in [-0.39, 0.29) is 9.41 Å². The van der Waals surface area contributed by atoms with Gasteiger partial charge in [-0.25, -0.2) is 0 Å². The minimum atomic E-state index is 0. The lowest BCUT2D eigenvalue weighted by Gasteiger charge is -1.37. The van der Waals surface area contributed by atoms with Crippen LogP contribution in [-0.4, -0.2) is 0 Å². The average molecular weight is 123 g/mol. The topological polar surface area (TPSA) is 0 Å². The smallest absolute Gasteiger partial charge is 0.189 e. The van der Waals surface area contributed by atoms with Gasteiger partial charge < -0.3 is 0 Å². The largest absolute Gasteiger partial charge is 0.269 e. The van der Waals surface area contributed by atoms with Crippen LogP contribution in [0.5, 0.6) is 0 Å². The Balaban J connectivity index is -0.0000000200. The van der Waals surface area contributed by atoms with Gasteiger partial charge in [0.15, 0.2) is 5.34 Å². The SMILES string of the molecule is Cl[C]Cl.F.F. The zero-order valence-electron chi connectivity index (χ0n) is 2.07. The second-order valence-electron chi connectivity index (χ2n) is 0.0714. The van der Waals surface area contributed by atoms with Gasteiger partial charge in [0.2, 0.25) is 0 Å². The third-order valence-corrected chi connectivity index (χ3v) is 0. The molecule has 0 nitrogen and oxygen atoms in total. The van der Waals surface area contributed by atoms with Crippen LogP contribution >= 0.6 is 23.2 Å². The summed E-state index contributed by atoms with van der Waals surface area (Å²) in [5, 5.41) is 1.69. The molecular weight excluding hydrogens is 121 g/mol. The fourth-order valence-corrected chi connectivity index (χ4v) is 0. The molecule has 0 aromatic rings. The Morgan fingerprint density at radius 3 is 1.00 bits per heavy atom. The van der Waals surface area contributed by atoms with Gasteiger partial charge in [0.25, 0.3) is 0 Å². The number of rotatable bonds is 0. The van der Waals surface area contributed by atoms with Gasteiger partial charge in [0.05, 0.1) is 0 Å². The molecule has 0 saturated carbocycles. The van der Waals surface area contributed by atoms with Crippen LogP contribution in [0.1, 0.15) is 0 Å². The molecule has 0 unspecified atom stereocenters. The lowest BCUT2D eigenvalue weighted by molar-refractivity contribution is 1.11. The summed E-state index contributed by atoms with van der Waals surface area (Å²) in [5.74, 6) is 0. The molecule has 0 amide bonds. The van der Waals surface area contributed by atoms with E-state index in [1.165, 1.54) is 0 Å². The van der Waals surface area contributed by atoms with Crippen molar-refractivity contribution in [2.45, 2.75) is 0 Å². The first-order valence-corrected chi connectivity index (χ1v) is 1.13. The normalized spacial score (nSPS) is 3.60. The Hall–Kier alpha value is 0.440. The van der Waals surface area contributed by atoms with Crippen LogP contribution in [0.2, 0.25) is 0 Å². The van der Waals surface area contributed by atoms with E-state index in [9.17, 15) is 0 Å². The van der Waals surface area contributed by atoms with Crippen molar-refractivity contribution in [2.75, 3.05) is 0 Å². The summed E-state index contributed by atoms with van der Waals surface area (Å²) in [6.07, 6.45) is 0. The molecule has 0 saturated heterocycles. The van der Waals surface area contributed by atoms with E-state index in [1.807, 2.05) is 0 Å². The monoisotopic (exact) mass is 122 g/mol. The van der Waals surface area contributed by atoms with Crippen LogP contribution < -0.4 is 0 Å². The van der Waals surface area contributed by atoms with Crippen molar-refractivity contribution in [2.24, 2.45) is 0 Å². The van der Waals surface area contributed by atoms with E-state index in [0.717, 1.165) is 0 Å². The third kappa shape index (κ3) is 137. The van der Waals surface area contributed by atoms with Crippen molar-refractivity contribution in [3.63, 3.8) is 0 Å². The summed E-state index contributed by atoms with van der Waals surface area (Å²) in [6, 6.07) is 0. The number of hydrogen-bond acceptors (Lipinski definition) is 0. The summed E-state index contributed by atoms with van der Waals surface area (Å²) in [6.45, 7) is 0. The molecule has 0 aliphatic heterocycles. The van der Waals surface area contributed by atoms with Gasteiger partial charge in [0.1, 0.15) is 0 Å². The minimum absolute atomic E-state index is 0. The number of hydrogen-bond donors (Lipinski definition) is 0. The fourth-order valence-electron chi connectivity index (χ4n) is 0. The third-order valence-electron chi connectivity index (χ3n) is 0. The van der Waals surface area contributed by atoms with Crippen molar-refractivity contribution in [1.29, 1.82) is 0 Å². The molecule has 0 aliphatic rings. The highest BCUT2D eigenvalue weighted by Gasteiger charge is 1.47. The Morgan fingerprint density at radius 1 is 1.00 bits per heavy atom. The van der Waals surface area contributed by atoms with Gasteiger partial charge in [0, 0.05) is 0 Å². The second-order valence-corrected chi connectivity index (χ2v) is 0.643.